The SMILES string of the molecule is O=C(N/N=C\c1cccc(OCc2ccc(Cl)cc2)c1)c1ccc2ccccc2c1. The molecule has 0 fully saturated rings. The Hall–Kier alpha value is -3.63. The molecule has 0 aliphatic carbocycles. The van der Waals surface area contributed by atoms with Crippen molar-refractivity contribution in [3.8, 4) is 5.75 Å². The highest BCUT2D eigenvalue weighted by molar-refractivity contribution is 6.30. The Labute approximate surface area is 179 Å². The Bertz CT molecular complexity index is 1200. The molecule has 1 N–H and O–H groups in total. The standard InChI is InChI=1S/C25H19ClN2O2/c26-23-12-8-18(9-13-23)17-30-24-7-3-4-19(14-24)16-27-28-25(29)22-11-10-20-5-1-2-6-21(20)15-22/h1-16H,17H2,(H,28,29)/b27-16-. The van der Waals surface area contributed by atoms with Crippen LogP contribution in [0.1, 0.15) is 21.5 Å². The second-order valence-corrected chi connectivity index (χ2v) is 7.19. The second-order valence-electron chi connectivity index (χ2n) is 6.75. The summed E-state index contributed by atoms with van der Waals surface area (Å²) >= 11 is 5.90. The van der Waals surface area contributed by atoms with Crippen molar-refractivity contribution in [1.29, 1.82) is 0 Å². The van der Waals surface area contributed by atoms with E-state index in [0.29, 0.717) is 17.2 Å². The van der Waals surface area contributed by atoms with Crippen LogP contribution in [0, 0.1) is 0 Å². The van der Waals surface area contributed by atoms with Crippen LogP contribution in [0.2, 0.25) is 5.02 Å². The molecule has 4 aromatic rings. The number of ether oxygens (including phenoxy) is 1. The average molecular weight is 415 g/mol. The summed E-state index contributed by atoms with van der Waals surface area (Å²) in [5.74, 6) is 0.460. The van der Waals surface area contributed by atoms with Crippen LogP contribution >= 0.6 is 11.6 Å². The summed E-state index contributed by atoms with van der Waals surface area (Å²) in [6.45, 7) is 0.441. The maximum atomic E-state index is 12.4. The first-order valence-corrected chi connectivity index (χ1v) is 9.85. The van der Waals surface area contributed by atoms with Gasteiger partial charge in [0.2, 0.25) is 0 Å². The van der Waals surface area contributed by atoms with Gasteiger partial charge < -0.3 is 4.74 Å². The van der Waals surface area contributed by atoms with Crippen molar-refractivity contribution < 1.29 is 9.53 Å². The number of amides is 1. The number of carbonyl (C=O) groups is 1. The lowest BCUT2D eigenvalue weighted by molar-refractivity contribution is 0.0955. The smallest absolute Gasteiger partial charge is 0.271 e. The molecule has 4 aromatic carbocycles. The number of nitrogens with one attached hydrogen (secondary N) is 1. The Morgan fingerprint density at radius 1 is 0.900 bits per heavy atom. The van der Waals surface area contributed by atoms with Crippen LogP contribution in [0.5, 0.6) is 5.75 Å². The lowest BCUT2D eigenvalue weighted by atomic mass is 10.1. The third-order valence-corrected chi connectivity index (χ3v) is 4.82. The van der Waals surface area contributed by atoms with Gasteiger partial charge in [0.25, 0.3) is 5.91 Å². The molecule has 5 heteroatoms. The highest BCUT2D eigenvalue weighted by atomic mass is 35.5. The fraction of sp³-hybridized carbons (Fsp3) is 0.0400. The summed E-state index contributed by atoms with van der Waals surface area (Å²) in [7, 11) is 0. The van der Waals surface area contributed by atoms with E-state index in [4.69, 9.17) is 16.3 Å². The molecule has 4 rings (SSSR count). The van der Waals surface area contributed by atoms with Gasteiger partial charge in [-0.05, 0) is 58.3 Å². The molecule has 0 saturated heterocycles. The molecule has 1 amide bonds. The first-order valence-electron chi connectivity index (χ1n) is 9.47. The van der Waals surface area contributed by atoms with Crippen LogP contribution in [0.15, 0.2) is 96.1 Å². The van der Waals surface area contributed by atoms with E-state index in [2.05, 4.69) is 10.5 Å². The zero-order valence-corrected chi connectivity index (χ0v) is 16.8. The fourth-order valence-electron chi connectivity index (χ4n) is 2.99. The van der Waals surface area contributed by atoms with Gasteiger partial charge in [-0.2, -0.15) is 5.10 Å². The number of hydrogen-bond donors (Lipinski definition) is 1. The highest BCUT2D eigenvalue weighted by Crippen LogP contribution is 2.17. The van der Waals surface area contributed by atoms with Crippen LogP contribution in [-0.2, 0) is 6.61 Å². The Kier molecular flexibility index (Phi) is 6.06. The summed E-state index contributed by atoms with van der Waals surface area (Å²) in [6.07, 6.45) is 1.59. The Morgan fingerprint density at radius 3 is 2.53 bits per heavy atom. The minimum Gasteiger partial charge on any atom is -0.489 e. The van der Waals surface area contributed by atoms with Crippen LogP contribution in [0.4, 0.5) is 0 Å². The number of fused-ring (bicyclic) bond motifs is 1. The van der Waals surface area contributed by atoms with Crippen molar-refractivity contribution in [2.24, 2.45) is 5.10 Å². The van der Waals surface area contributed by atoms with Gasteiger partial charge in [0, 0.05) is 10.6 Å². The maximum absolute atomic E-state index is 12.4. The molecule has 0 bridgehead atoms. The van der Waals surface area contributed by atoms with Crippen LogP contribution in [0.3, 0.4) is 0 Å². The molecular formula is C25H19ClN2O2. The molecular weight excluding hydrogens is 396 g/mol. The van der Waals surface area contributed by atoms with Crippen molar-refractivity contribution >= 4 is 34.5 Å². The molecule has 4 nitrogen and oxygen atoms in total. The van der Waals surface area contributed by atoms with E-state index < -0.39 is 0 Å². The largest absolute Gasteiger partial charge is 0.489 e. The number of hydrogen-bond acceptors (Lipinski definition) is 3. The summed E-state index contributed by atoms with van der Waals surface area (Å²) < 4.78 is 5.82. The summed E-state index contributed by atoms with van der Waals surface area (Å²) in [5, 5.41) is 6.87. The van der Waals surface area contributed by atoms with E-state index in [-0.39, 0.29) is 5.91 Å². The highest BCUT2D eigenvalue weighted by Gasteiger charge is 2.05. The normalized spacial score (nSPS) is 11.0. The molecule has 0 atom stereocenters. The third kappa shape index (κ3) is 5.04. The Balaban J connectivity index is 1.36. The minimum absolute atomic E-state index is 0.257. The first kappa shape index (κ1) is 19.7. The Morgan fingerprint density at radius 2 is 1.70 bits per heavy atom. The van der Waals surface area contributed by atoms with Gasteiger partial charge in [-0.1, -0.05) is 66.2 Å². The maximum Gasteiger partial charge on any atom is 0.271 e. The average Bonchev–Trinajstić information content (AvgIpc) is 2.78. The predicted octanol–water partition coefficient (Wildman–Crippen LogP) is 5.84. The summed E-state index contributed by atoms with van der Waals surface area (Å²) in [6, 6.07) is 28.5. The molecule has 0 spiro atoms. The van der Waals surface area contributed by atoms with Gasteiger partial charge in [0.05, 0.1) is 6.21 Å². The van der Waals surface area contributed by atoms with E-state index in [1.54, 1.807) is 12.3 Å². The number of hydrazone groups is 1. The first-order chi connectivity index (χ1) is 14.7. The van der Waals surface area contributed by atoms with Crippen LogP contribution in [-0.4, -0.2) is 12.1 Å². The molecule has 0 radical (unpaired) electrons. The lowest BCUT2D eigenvalue weighted by Crippen LogP contribution is -2.17. The minimum atomic E-state index is -0.257. The molecule has 0 aliphatic heterocycles. The zero-order valence-electron chi connectivity index (χ0n) is 16.1. The van der Waals surface area contributed by atoms with Crippen molar-refractivity contribution in [3.05, 3.63) is 113 Å². The number of carbonyl (C=O) groups excluding carboxylic acids is 1. The topological polar surface area (TPSA) is 50.7 Å². The van der Waals surface area contributed by atoms with E-state index in [9.17, 15) is 4.79 Å². The summed E-state index contributed by atoms with van der Waals surface area (Å²) in [4.78, 5) is 12.4. The number of rotatable bonds is 6. The predicted molar refractivity (Wildman–Crippen MR) is 121 cm³/mol. The van der Waals surface area contributed by atoms with Gasteiger partial charge in [-0.3, -0.25) is 4.79 Å². The third-order valence-electron chi connectivity index (χ3n) is 4.57. The molecule has 0 aliphatic rings. The molecule has 0 unspecified atom stereocenters. The molecule has 0 heterocycles. The molecule has 148 valence electrons. The van der Waals surface area contributed by atoms with Gasteiger partial charge in [0.1, 0.15) is 12.4 Å². The lowest BCUT2D eigenvalue weighted by Gasteiger charge is -2.07. The van der Waals surface area contributed by atoms with Crippen molar-refractivity contribution in [3.63, 3.8) is 0 Å². The van der Waals surface area contributed by atoms with E-state index in [1.165, 1.54) is 0 Å². The molecule has 30 heavy (non-hydrogen) atoms. The van der Waals surface area contributed by atoms with Crippen LogP contribution < -0.4 is 10.2 Å². The van der Waals surface area contributed by atoms with Crippen LogP contribution in [0.25, 0.3) is 10.8 Å². The van der Waals surface area contributed by atoms with E-state index in [1.807, 2.05) is 84.9 Å². The zero-order chi connectivity index (χ0) is 20.8. The van der Waals surface area contributed by atoms with Crippen molar-refractivity contribution in [2.45, 2.75) is 6.61 Å². The molecule has 0 aromatic heterocycles. The summed E-state index contributed by atoms with van der Waals surface area (Å²) in [5.41, 5.74) is 4.98. The quantitative estimate of drug-likeness (QED) is 0.318. The van der Waals surface area contributed by atoms with Crippen molar-refractivity contribution in [2.75, 3.05) is 0 Å². The number of halogens is 1. The number of nitrogens with zero attached hydrogens (tertiary/aromatic N) is 1. The molecule has 0 saturated carbocycles. The van der Waals surface area contributed by atoms with E-state index >= 15 is 0 Å². The second kappa shape index (κ2) is 9.25. The van der Waals surface area contributed by atoms with Gasteiger partial charge in [0.15, 0.2) is 0 Å². The van der Waals surface area contributed by atoms with Gasteiger partial charge >= 0.3 is 0 Å². The van der Waals surface area contributed by atoms with Gasteiger partial charge in [-0.25, -0.2) is 5.43 Å². The number of benzene rings is 4. The van der Waals surface area contributed by atoms with Crippen molar-refractivity contribution in [1.82, 2.24) is 5.43 Å². The monoisotopic (exact) mass is 414 g/mol. The van der Waals surface area contributed by atoms with E-state index in [0.717, 1.165) is 27.6 Å². The van der Waals surface area contributed by atoms with Gasteiger partial charge in [-0.15, -0.1) is 0 Å². The fourth-order valence-corrected chi connectivity index (χ4v) is 3.12.